The average Bonchev–Trinajstić information content (AvgIpc) is 2.32. The van der Waals surface area contributed by atoms with Crippen LogP contribution < -0.4 is 10.1 Å². The van der Waals surface area contributed by atoms with E-state index in [1.165, 1.54) is 0 Å². The number of benzene rings is 1. The molecule has 0 aliphatic carbocycles. The van der Waals surface area contributed by atoms with Crippen molar-refractivity contribution in [1.29, 1.82) is 0 Å². The van der Waals surface area contributed by atoms with E-state index in [9.17, 15) is 4.79 Å². The minimum atomic E-state index is 0.0690. The minimum Gasteiger partial charge on any atom is -0.497 e. The highest BCUT2D eigenvalue weighted by atomic mass is 16.5. The standard InChI is InChI=1S/C13H18N2O2/c1-15(9-10-7-14-8-10)13(16)11-3-5-12(17-2)6-4-11/h3-6,10,14H,7-9H2,1-2H3. The first kappa shape index (κ1) is 11.9. The van der Waals surface area contributed by atoms with Crippen LogP contribution in [0.5, 0.6) is 5.75 Å². The van der Waals surface area contributed by atoms with E-state index in [0.717, 1.165) is 25.4 Å². The second-order valence-electron chi connectivity index (χ2n) is 4.44. The molecular formula is C13H18N2O2. The number of methoxy groups -OCH3 is 1. The van der Waals surface area contributed by atoms with Gasteiger partial charge in [-0.05, 0) is 24.3 Å². The number of carbonyl (C=O) groups is 1. The van der Waals surface area contributed by atoms with E-state index in [1.54, 1.807) is 24.1 Å². The van der Waals surface area contributed by atoms with Crippen molar-refractivity contribution < 1.29 is 9.53 Å². The quantitative estimate of drug-likeness (QED) is 0.844. The molecule has 1 aliphatic heterocycles. The number of hydrogen-bond acceptors (Lipinski definition) is 3. The molecular weight excluding hydrogens is 216 g/mol. The highest BCUT2D eigenvalue weighted by molar-refractivity contribution is 5.94. The van der Waals surface area contributed by atoms with Gasteiger partial charge in [0.2, 0.25) is 0 Å². The van der Waals surface area contributed by atoms with Gasteiger partial charge in [-0.1, -0.05) is 0 Å². The number of rotatable bonds is 4. The highest BCUT2D eigenvalue weighted by Gasteiger charge is 2.21. The van der Waals surface area contributed by atoms with Gasteiger partial charge in [0.25, 0.3) is 5.91 Å². The van der Waals surface area contributed by atoms with Gasteiger partial charge < -0.3 is 15.0 Å². The molecule has 0 atom stereocenters. The van der Waals surface area contributed by atoms with E-state index >= 15 is 0 Å². The molecule has 1 amide bonds. The Morgan fingerprint density at radius 1 is 1.41 bits per heavy atom. The summed E-state index contributed by atoms with van der Waals surface area (Å²) in [6, 6.07) is 7.23. The average molecular weight is 234 g/mol. The van der Waals surface area contributed by atoms with Crippen molar-refractivity contribution in [2.24, 2.45) is 5.92 Å². The smallest absolute Gasteiger partial charge is 0.253 e. The molecule has 1 fully saturated rings. The fourth-order valence-corrected chi connectivity index (χ4v) is 1.90. The third-order valence-corrected chi connectivity index (χ3v) is 3.08. The lowest BCUT2D eigenvalue weighted by molar-refractivity contribution is 0.0755. The molecule has 0 bridgehead atoms. The van der Waals surface area contributed by atoms with Crippen LogP contribution in [0.1, 0.15) is 10.4 Å². The lowest BCUT2D eigenvalue weighted by Gasteiger charge is -2.31. The van der Waals surface area contributed by atoms with Crippen molar-refractivity contribution in [3.63, 3.8) is 0 Å². The van der Waals surface area contributed by atoms with Crippen LogP contribution in [0.4, 0.5) is 0 Å². The van der Waals surface area contributed by atoms with Crippen molar-refractivity contribution in [3.05, 3.63) is 29.8 Å². The zero-order valence-electron chi connectivity index (χ0n) is 10.3. The Kier molecular flexibility index (Phi) is 3.64. The van der Waals surface area contributed by atoms with Gasteiger partial charge in [0, 0.05) is 38.2 Å². The number of hydrogen-bond donors (Lipinski definition) is 1. The Labute approximate surface area is 102 Å². The molecule has 2 rings (SSSR count). The van der Waals surface area contributed by atoms with Gasteiger partial charge >= 0.3 is 0 Å². The van der Waals surface area contributed by atoms with E-state index in [-0.39, 0.29) is 5.91 Å². The van der Waals surface area contributed by atoms with E-state index in [4.69, 9.17) is 4.74 Å². The maximum absolute atomic E-state index is 12.1. The molecule has 1 N–H and O–H groups in total. The summed E-state index contributed by atoms with van der Waals surface area (Å²) in [5, 5.41) is 3.21. The Balaban J connectivity index is 1.96. The first-order valence-corrected chi connectivity index (χ1v) is 5.81. The summed E-state index contributed by atoms with van der Waals surface area (Å²) in [5.74, 6) is 1.44. The molecule has 0 aromatic heterocycles. The molecule has 92 valence electrons. The van der Waals surface area contributed by atoms with Crippen LogP contribution in [0, 0.1) is 5.92 Å². The third-order valence-electron chi connectivity index (χ3n) is 3.08. The van der Waals surface area contributed by atoms with Crippen LogP contribution in [0.15, 0.2) is 24.3 Å². The van der Waals surface area contributed by atoms with E-state index in [1.807, 2.05) is 19.2 Å². The molecule has 1 saturated heterocycles. The third kappa shape index (κ3) is 2.77. The van der Waals surface area contributed by atoms with Crippen LogP contribution in [-0.2, 0) is 0 Å². The summed E-state index contributed by atoms with van der Waals surface area (Å²) < 4.78 is 5.07. The fourth-order valence-electron chi connectivity index (χ4n) is 1.90. The second-order valence-corrected chi connectivity index (χ2v) is 4.44. The predicted octanol–water partition coefficient (Wildman–Crippen LogP) is 0.987. The van der Waals surface area contributed by atoms with E-state index in [0.29, 0.717) is 11.5 Å². The van der Waals surface area contributed by atoms with Crippen molar-refractivity contribution in [2.75, 3.05) is 33.8 Å². The van der Waals surface area contributed by atoms with Crippen molar-refractivity contribution in [1.82, 2.24) is 10.2 Å². The summed E-state index contributed by atoms with van der Waals surface area (Å²) in [7, 11) is 3.47. The van der Waals surface area contributed by atoms with Crippen LogP contribution in [-0.4, -0.2) is 44.6 Å². The number of nitrogens with zero attached hydrogens (tertiary/aromatic N) is 1. The van der Waals surface area contributed by atoms with Crippen molar-refractivity contribution in [2.45, 2.75) is 0 Å². The lowest BCUT2D eigenvalue weighted by atomic mass is 10.0. The Morgan fingerprint density at radius 3 is 2.53 bits per heavy atom. The van der Waals surface area contributed by atoms with Gasteiger partial charge in [-0.15, -0.1) is 0 Å². The van der Waals surface area contributed by atoms with E-state index in [2.05, 4.69) is 5.32 Å². The van der Waals surface area contributed by atoms with Crippen LogP contribution in [0.25, 0.3) is 0 Å². The molecule has 4 heteroatoms. The Bertz CT molecular complexity index is 385. The van der Waals surface area contributed by atoms with Gasteiger partial charge in [0.05, 0.1) is 7.11 Å². The summed E-state index contributed by atoms with van der Waals surface area (Å²) in [6.07, 6.45) is 0. The Hall–Kier alpha value is -1.55. The number of carbonyl (C=O) groups excluding carboxylic acids is 1. The molecule has 0 unspecified atom stereocenters. The SMILES string of the molecule is COc1ccc(C(=O)N(C)CC2CNC2)cc1. The zero-order chi connectivity index (χ0) is 12.3. The van der Waals surface area contributed by atoms with Crippen molar-refractivity contribution in [3.8, 4) is 5.75 Å². The zero-order valence-corrected chi connectivity index (χ0v) is 10.3. The van der Waals surface area contributed by atoms with Gasteiger partial charge in [-0.2, -0.15) is 0 Å². The highest BCUT2D eigenvalue weighted by Crippen LogP contribution is 2.13. The first-order chi connectivity index (χ1) is 8.20. The molecule has 1 aliphatic rings. The molecule has 0 radical (unpaired) electrons. The number of ether oxygens (including phenoxy) is 1. The largest absolute Gasteiger partial charge is 0.497 e. The van der Waals surface area contributed by atoms with Gasteiger partial charge in [0.1, 0.15) is 5.75 Å². The van der Waals surface area contributed by atoms with Crippen LogP contribution in [0.2, 0.25) is 0 Å². The van der Waals surface area contributed by atoms with Crippen molar-refractivity contribution >= 4 is 5.91 Å². The molecule has 0 spiro atoms. The van der Waals surface area contributed by atoms with Gasteiger partial charge in [-0.3, -0.25) is 4.79 Å². The molecule has 17 heavy (non-hydrogen) atoms. The number of nitrogens with one attached hydrogen (secondary N) is 1. The molecule has 1 aromatic rings. The maximum atomic E-state index is 12.1. The summed E-state index contributed by atoms with van der Waals surface area (Å²) >= 11 is 0. The normalized spacial score (nSPS) is 15.2. The summed E-state index contributed by atoms with van der Waals surface area (Å²) in [6.45, 7) is 2.85. The van der Waals surface area contributed by atoms with Gasteiger partial charge in [0.15, 0.2) is 0 Å². The minimum absolute atomic E-state index is 0.0690. The number of amides is 1. The molecule has 4 nitrogen and oxygen atoms in total. The predicted molar refractivity (Wildman–Crippen MR) is 66.3 cm³/mol. The second kappa shape index (κ2) is 5.19. The summed E-state index contributed by atoms with van der Waals surface area (Å²) in [5.41, 5.74) is 0.709. The molecule has 0 saturated carbocycles. The maximum Gasteiger partial charge on any atom is 0.253 e. The van der Waals surface area contributed by atoms with E-state index < -0.39 is 0 Å². The monoisotopic (exact) mass is 234 g/mol. The first-order valence-electron chi connectivity index (χ1n) is 5.81. The summed E-state index contributed by atoms with van der Waals surface area (Å²) in [4.78, 5) is 13.9. The topological polar surface area (TPSA) is 41.6 Å². The molecule has 1 heterocycles. The van der Waals surface area contributed by atoms with Crippen LogP contribution in [0.3, 0.4) is 0 Å². The molecule has 1 aromatic carbocycles. The van der Waals surface area contributed by atoms with Crippen LogP contribution >= 0.6 is 0 Å². The fraction of sp³-hybridized carbons (Fsp3) is 0.462. The lowest BCUT2D eigenvalue weighted by Crippen LogP contribution is -2.48. The Morgan fingerprint density at radius 2 is 2.06 bits per heavy atom. The van der Waals surface area contributed by atoms with Gasteiger partial charge in [-0.25, -0.2) is 0 Å².